The zero-order valence-corrected chi connectivity index (χ0v) is 25.0. The molecule has 1 fully saturated rings. The molecular weight excluding hydrogens is 597 g/mol. The molecule has 0 bridgehead atoms. The zero-order valence-electron chi connectivity index (χ0n) is 22.6. The molecule has 3 heterocycles. The lowest BCUT2D eigenvalue weighted by Crippen LogP contribution is -2.31. The molecule has 1 saturated carbocycles. The summed E-state index contributed by atoms with van der Waals surface area (Å²) in [6.45, 7) is 0. The van der Waals surface area contributed by atoms with Gasteiger partial charge >= 0.3 is 0 Å². The normalized spacial score (nSPS) is 15.5. The molecule has 2 aliphatic rings. The second kappa shape index (κ2) is 8.92. The van der Waals surface area contributed by atoms with Gasteiger partial charge in [-0.15, -0.1) is 34.0 Å². The van der Waals surface area contributed by atoms with Crippen LogP contribution >= 0.6 is 34.0 Å². The van der Waals surface area contributed by atoms with Gasteiger partial charge in [-0.05, 0) is 30.5 Å². The molecule has 9 rings (SSSR count). The Labute approximate surface area is 254 Å². The summed E-state index contributed by atoms with van der Waals surface area (Å²) >= 11 is 4.81. The summed E-state index contributed by atoms with van der Waals surface area (Å²) in [6, 6.07) is 17.9. The maximum Gasteiger partial charge on any atom is 0.216 e. The smallest absolute Gasteiger partial charge is 0.216 e. The molecule has 208 valence electrons. The Morgan fingerprint density at radius 3 is 1.63 bits per heavy atom. The molecule has 1 spiro atoms. The van der Waals surface area contributed by atoms with E-state index < -0.39 is 0 Å². The minimum Gasteiger partial charge on any atom is -0.287 e. The maximum atomic E-state index is 13.0. The first-order valence-corrected chi connectivity index (χ1v) is 16.7. The predicted molar refractivity (Wildman–Crippen MR) is 175 cm³/mol. The number of nitrogens with zero attached hydrogens (tertiary/aromatic N) is 2. The van der Waals surface area contributed by atoms with Gasteiger partial charge in [-0.3, -0.25) is 19.2 Å². The highest BCUT2D eigenvalue weighted by Crippen LogP contribution is 2.64. The average molecular weight is 617 g/mol. The third kappa shape index (κ3) is 3.38. The fraction of sp³-hybridized carbons (Fsp3) is 0.176. The van der Waals surface area contributed by atoms with E-state index in [0.717, 1.165) is 30.4 Å². The highest BCUT2D eigenvalue weighted by atomic mass is 32.1. The van der Waals surface area contributed by atoms with Crippen molar-refractivity contribution in [2.24, 2.45) is 9.98 Å². The topological polar surface area (TPSA) is 93.0 Å². The van der Waals surface area contributed by atoms with Crippen LogP contribution < -0.4 is 32.4 Å². The molecule has 6 nitrogen and oxygen atoms in total. The summed E-state index contributed by atoms with van der Waals surface area (Å²) in [6.07, 6.45) is 5.45. The van der Waals surface area contributed by atoms with Crippen LogP contribution in [0.3, 0.4) is 0 Å². The lowest BCUT2D eigenvalue weighted by molar-refractivity contribution is 0.356. The fourth-order valence-electron chi connectivity index (χ4n) is 7.19. The van der Waals surface area contributed by atoms with Crippen molar-refractivity contribution in [3.63, 3.8) is 0 Å². The van der Waals surface area contributed by atoms with Crippen LogP contribution in [0.15, 0.2) is 89.8 Å². The molecule has 0 radical (unpaired) electrons. The largest absolute Gasteiger partial charge is 0.287 e. The monoisotopic (exact) mass is 616 g/mol. The van der Waals surface area contributed by atoms with Gasteiger partial charge in [-0.1, -0.05) is 67.8 Å². The van der Waals surface area contributed by atoms with Crippen molar-refractivity contribution in [2.75, 3.05) is 0 Å². The summed E-state index contributed by atoms with van der Waals surface area (Å²) in [4.78, 5) is 63.7. The first-order valence-electron chi connectivity index (χ1n) is 14.2. The second-order valence-corrected chi connectivity index (χ2v) is 14.5. The van der Waals surface area contributed by atoms with Gasteiger partial charge in [0.2, 0.25) is 21.7 Å². The summed E-state index contributed by atoms with van der Waals surface area (Å²) < 4.78 is 2.27. The Hall–Kier alpha value is -4.18. The Morgan fingerprint density at radius 2 is 1.09 bits per heavy atom. The highest BCUT2D eigenvalue weighted by Gasteiger charge is 2.48. The molecule has 4 aromatic carbocycles. The van der Waals surface area contributed by atoms with E-state index in [1.54, 1.807) is 82.5 Å². The molecule has 2 aliphatic carbocycles. The molecule has 0 aliphatic heterocycles. The van der Waals surface area contributed by atoms with Gasteiger partial charge in [0, 0.05) is 37.2 Å². The third-order valence-electron chi connectivity index (χ3n) is 9.11. The molecule has 9 heteroatoms. The van der Waals surface area contributed by atoms with E-state index >= 15 is 0 Å². The van der Waals surface area contributed by atoms with Gasteiger partial charge < -0.3 is 0 Å². The van der Waals surface area contributed by atoms with Crippen molar-refractivity contribution in [3.8, 4) is 9.75 Å². The van der Waals surface area contributed by atoms with Crippen LogP contribution in [-0.4, -0.2) is 0 Å². The van der Waals surface area contributed by atoms with E-state index in [-0.39, 0.29) is 37.8 Å². The first kappa shape index (κ1) is 25.3. The van der Waals surface area contributed by atoms with Gasteiger partial charge in [-0.25, -0.2) is 9.98 Å². The van der Waals surface area contributed by atoms with Crippen LogP contribution in [-0.2, 0) is 5.41 Å². The van der Waals surface area contributed by atoms with Crippen LogP contribution in [0.1, 0.15) is 43.2 Å². The molecule has 0 unspecified atom stereocenters. The zero-order chi connectivity index (χ0) is 29.0. The van der Waals surface area contributed by atoms with Crippen LogP contribution in [0.2, 0.25) is 0 Å². The molecule has 7 aromatic rings. The van der Waals surface area contributed by atoms with E-state index in [2.05, 4.69) is 16.1 Å². The van der Waals surface area contributed by atoms with E-state index in [1.165, 1.54) is 32.0 Å². The van der Waals surface area contributed by atoms with Crippen molar-refractivity contribution in [3.05, 3.63) is 123 Å². The maximum absolute atomic E-state index is 13.0. The molecule has 43 heavy (non-hydrogen) atoms. The van der Waals surface area contributed by atoms with Crippen LogP contribution in [0.5, 0.6) is 0 Å². The second-order valence-electron chi connectivity index (χ2n) is 11.4. The molecule has 3 aromatic heterocycles. The Kier molecular flexibility index (Phi) is 5.25. The van der Waals surface area contributed by atoms with Crippen LogP contribution in [0.25, 0.3) is 40.7 Å². The van der Waals surface area contributed by atoms with Gasteiger partial charge in [0.15, 0.2) is 10.7 Å². The molecular formula is C34H20N2O4S3. The third-order valence-corrected chi connectivity index (χ3v) is 12.6. The molecule has 0 N–H and O–H groups in total. The standard InChI is InChI=1S/C34H20N2O4S3/c37-27-16-8-2-3-9-17(16)28(38)25(27)35-22-14-20-31(42-22)33-24(34(20)12-6-1-7-13-34)32-21(41-33)15-23(43-32)36-26-29(39)18-10-4-5-11-19(18)30(26)40/h2-5,8-11,14-15H,1,6-7,12-13H2. The van der Waals surface area contributed by atoms with Crippen LogP contribution in [0.4, 0.5) is 10.0 Å². The quantitative estimate of drug-likeness (QED) is 0.231. The number of hydrogen-bond donors (Lipinski definition) is 0. The summed E-state index contributed by atoms with van der Waals surface area (Å²) in [5.74, 6) is 0. The van der Waals surface area contributed by atoms with Crippen molar-refractivity contribution in [2.45, 2.75) is 37.5 Å². The molecule has 0 saturated heterocycles. The average Bonchev–Trinajstić information content (AvgIpc) is 3.84. The summed E-state index contributed by atoms with van der Waals surface area (Å²) in [5.41, 5.74) is 1.17. The minimum atomic E-state index is -0.315. The van der Waals surface area contributed by atoms with E-state index in [0.29, 0.717) is 31.5 Å². The van der Waals surface area contributed by atoms with Crippen molar-refractivity contribution < 1.29 is 0 Å². The van der Waals surface area contributed by atoms with Crippen LogP contribution in [0, 0.1) is 0 Å². The van der Waals surface area contributed by atoms with Gasteiger partial charge in [0.05, 0.1) is 14.5 Å². The lowest BCUT2D eigenvalue weighted by atomic mass is 9.68. The predicted octanol–water partition coefficient (Wildman–Crippen LogP) is 6.22. The highest BCUT2D eigenvalue weighted by molar-refractivity contribution is 7.33. The van der Waals surface area contributed by atoms with Gasteiger partial charge in [-0.2, -0.15) is 0 Å². The number of rotatable bonds is 2. The SMILES string of the molecule is O=c1c(=Nc2cc3c(s2)-c2sc4cc(N=c5c(=O)c6ccccc6c5=O)sc4c2C32CCCCC2)c(=O)c2ccccc12. The Bertz CT molecular complexity index is 2550. The van der Waals surface area contributed by atoms with Gasteiger partial charge in [0.25, 0.3) is 0 Å². The number of hydrogen-bond acceptors (Lipinski definition) is 9. The number of thiophene rings is 3. The van der Waals surface area contributed by atoms with E-state index in [4.69, 9.17) is 0 Å². The number of benzene rings is 2. The van der Waals surface area contributed by atoms with Crippen molar-refractivity contribution in [1.82, 2.24) is 0 Å². The Balaban J connectivity index is 1.23. The molecule has 0 amide bonds. The minimum absolute atomic E-state index is 0.00637. The van der Waals surface area contributed by atoms with E-state index in [1.807, 2.05) is 6.07 Å². The number of fused-ring (bicyclic) bond motifs is 9. The fourth-order valence-corrected chi connectivity index (χ4v) is 11.2. The van der Waals surface area contributed by atoms with Crippen molar-refractivity contribution in [1.29, 1.82) is 0 Å². The first-order chi connectivity index (χ1) is 20.9. The summed E-state index contributed by atoms with van der Waals surface area (Å²) in [7, 11) is 0. The van der Waals surface area contributed by atoms with Crippen molar-refractivity contribution >= 4 is 75.0 Å². The lowest BCUT2D eigenvalue weighted by Gasteiger charge is -2.34. The summed E-state index contributed by atoms with van der Waals surface area (Å²) in [5, 5.41) is 3.01. The van der Waals surface area contributed by atoms with Gasteiger partial charge in [0.1, 0.15) is 10.0 Å². The molecule has 0 atom stereocenters. The van der Waals surface area contributed by atoms with E-state index in [9.17, 15) is 19.2 Å². The Morgan fingerprint density at radius 1 is 0.581 bits per heavy atom.